The van der Waals surface area contributed by atoms with Gasteiger partial charge in [0.05, 0.1) is 17.8 Å². The number of aliphatic hydroxyl groups is 1. The van der Waals surface area contributed by atoms with Crippen LogP contribution >= 0.6 is 0 Å². The molecule has 0 aromatic heterocycles. The number of aliphatic hydroxyl groups excluding tert-OH is 1. The Morgan fingerprint density at radius 3 is 2.59 bits per heavy atom. The summed E-state index contributed by atoms with van der Waals surface area (Å²) in [7, 11) is 0. The van der Waals surface area contributed by atoms with Gasteiger partial charge in [-0.05, 0) is 25.0 Å². The Morgan fingerprint density at radius 2 is 1.94 bits per heavy atom. The van der Waals surface area contributed by atoms with Gasteiger partial charge in [-0.25, -0.2) is 4.79 Å². The van der Waals surface area contributed by atoms with Crippen molar-refractivity contribution in [1.82, 2.24) is 0 Å². The van der Waals surface area contributed by atoms with Crippen molar-refractivity contribution in [3.63, 3.8) is 0 Å². The zero-order valence-electron chi connectivity index (χ0n) is 9.28. The fourth-order valence-electron chi connectivity index (χ4n) is 2.53. The molecule has 0 radical (unpaired) electrons. The minimum atomic E-state index is -0.679. The van der Waals surface area contributed by atoms with Crippen molar-refractivity contribution in [2.75, 3.05) is 0 Å². The van der Waals surface area contributed by atoms with Gasteiger partial charge in [-0.1, -0.05) is 18.2 Å². The third kappa shape index (κ3) is 1.83. The van der Waals surface area contributed by atoms with E-state index in [4.69, 9.17) is 9.47 Å². The molecule has 0 aliphatic carbocycles. The first-order chi connectivity index (χ1) is 8.25. The van der Waals surface area contributed by atoms with Gasteiger partial charge in [0.25, 0.3) is 0 Å². The zero-order chi connectivity index (χ0) is 11.8. The Bertz CT molecular complexity index is 415. The van der Waals surface area contributed by atoms with E-state index in [1.165, 1.54) is 0 Å². The van der Waals surface area contributed by atoms with Gasteiger partial charge in [-0.15, -0.1) is 0 Å². The van der Waals surface area contributed by atoms with Gasteiger partial charge in [-0.2, -0.15) is 0 Å². The normalized spacial score (nSPS) is 34.9. The molecule has 2 saturated heterocycles. The molecule has 1 aromatic rings. The summed E-state index contributed by atoms with van der Waals surface area (Å²) in [6.07, 6.45) is 0.221. The number of fused-ring (bicyclic) bond motifs is 2. The third-order valence-corrected chi connectivity index (χ3v) is 3.42. The second-order valence-corrected chi connectivity index (χ2v) is 4.52. The summed E-state index contributed by atoms with van der Waals surface area (Å²) in [4.78, 5) is 11.8. The lowest BCUT2D eigenvalue weighted by Gasteiger charge is -2.23. The fourth-order valence-corrected chi connectivity index (χ4v) is 2.53. The van der Waals surface area contributed by atoms with Crippen molar-refractivity contribution in [3.05, 3.63) is 35.9 Å². The summed E-state index contributed by atoms with van der Waals surface area (Å²) in [5.74, 6) is -0.397. The van der Waals surface area contributed by atoms with E-state index in [2.05, 4.69) is 0 Å². The Kier molecular flexibility index (Phi) is 2.61. The summed E-state index contributed by atoms with van der Waals surface area (Å²) in [6.45, 7) is 0. The minimum Gasteiger partial charge on any atom is -0.453 e. The number of hydrogen-bond acceptors (Lipinski definition) is 4. The van der Waals surface area contributed by atoms with E-state index >= 15 is 0 Å². The molecule has 4 heteroatoms. The molecule has 3 rings (SSSR count). The number of benzene rings is 1. The molecule has 0 spiro atoms. The summed E-state index contributed by atoms with van der Waals surface area (Å²) >= 11 is 0. The van der Waals surface area contributed by atoms with Crippen molar-refractivity contribution in [2.24, 2.45) is 0 Å². The average Bonchev–Trinajstić information content (AvgIpc) is 2.94. The molecule has 1 aromatic carbocycles. The minimum absolute atomic E-state index is 0.136. The summed E-state index contributed by atoms with van der Waals surface area (Å²) in [5.41, 5.74) is 0.502. The predicted octanol–water partition coefficient (Wildman–Crippen LogP) is 1.13. The van der Waals surface area contributed by atoms with E-state index in [1.54, 1.807) is 24.3 Å². The number of carbonyl (C=O) groups is 1. The standard InChI is InChI=1S/C13H14O4/c14-11-9-6-7-10(16-9)12(11)17-13(15)8-4-2-1-3-5-8/h1-5,9-12,14H,6-7H2/t9-,10+,11+,12+/m1/s1. The van der Waals surface area contributed by atoms with Crippen LogP contribution < -0.4 is 0 Å². The van der Waals surface area contributed by atoms with E-state index in [9.17, 15) is 9.90 Å². The van der Waals surface area contributed by atoms with Crippen LogP contribution in [-0.2, 0) is 9.47 Å². The maximum absolute atomic E-state index is 11.8. The highest BCUT2D eigenvalue weighted by Crippen LogP contribution is 2.36. The highest BCUT2D eigenvalue weighted by molar-refractivity contribution is 5.89. The Labute approximate surface area is 99.2 Å². The van der Waals surface area contributed by atoms with E-state index in [0.29, 0.717) is 5.56 Å². The number of carbonyl (C=O) groups excluding carboxylic acids is 1. The molecular formula is C13H14O4. The van der Waals surface area contributed by atoms with Gasteiger partial charge >= 0.3 is 5.97 Å². The molecular weight excluding hydrogens is 220 g/mol. The Balaban J connectivity index is 1.70. The SMILES string of the molecule is O=C(O[C@@H]1[C@@H](O)[C@H]2CC[C@@H]1O2)c1ccccc1. The highest BCUT2D eigenvalue weighted by Gasteiger charge is 2.50. The lowest BCUT2D eigenvalue weighted by Crippen LogP contribution is -2.40. The van der Waals surface area contributed by atoms with Gasteiger partial charge in [0.15, 0.2) is 6.10 Å². The molecule has 2 fully saturated rings. The Morgan fingerprint density at radius 1 is 1.24 bits per heavy atom. The molecule has 0 amide bonds. The van der Waals surface area contributed by atoms with Crippen molar-refractivity contribution in [2.45, 2.75) is 37.3 Å². The first kappa shape index (κ1) is 10.7. The molecule has 4 atom stereocenters. The smallest absolute Gasteiger partial charge is 0.338 e. The molecule has 1 N–H and O–H groups in total. The summed E-state index contributed by atoms with van der Waals surface area (Å²) < 4.78 is 10.8. The molecule has 0 saturated carbocycles. The number of hydrogen-bond donors (Lipinski definition) is 1. The van der Waals surface area contributed by atoms with Gasteiger partial charge in [0.2, 0.25) is 0 Å². The largest absolute Gasteiger partial charge is 0.453 e. The Hall–Kier alpha value is -1.39. The van der Waals surface area contributed by atoms with Gasteiger partial charge in [0, 0.05) is 0 Å². The first-order valence-corrected chi connectivity index (χ1v) is 5.85. The van der Waals surface area contributed by atoms with Crippen LogP contribution in [0.1, 0.15) is 23.2 Å². The van der Waals surface area contributed by atoms with E-state index < -0.39 is 18.2 Å². The maximum atomic E-state index is 11.8. The molecule has 2 aliphatic heterocycles. The summed E-state index contributed by atoms with van der Waals surface area (Å²) in [6, 6.07) is 8.80. The fraction of sp³-hybridized carbons (Fsp3) is 0.462. The van der Waals surface area contributed by atoms with Crippen LogP contribution in [0.25, 0.3) is 0 Å². The van der Waals surface area contributed by atoms with E-state index in [0.717, 1.165) is 12.8 Å². The van der Waals surface area contributed by atoms with Crippen LogP contribution in [0.5, 0.6) is 0 Å². The number of ether oxygens (including phenoxy) is 2. The first-order valence-electron chi connectivity index (χ1n) is 5.85. The topological polar surface area (TPSA) is 55.8 Å². The van der Waals surface area contributed by atoms with Crippen molar-refractivity contribution >= 4 is 5.97 Å². The van der Waals surface area contributed by atoms with E-state index in [-0.39, 0.29) is 12.2 Å². The number of esters is 1. The van der Waals surface area contributed by atoms with Crippen LogP contribution in [0.15, 0.2) is 30.3 Å². The van der Waals surface area contributed by atoms with Gasteiger partial charge in [-0.3, -0.25) is 0 Å². The molecule has 90 valence electrons. The van der Waals surface area contributed by atoms with E-state index in [1.807, 2.05) is 6.07 Å². The quantitative estimate of drug-likeness (QED) is 0.779. The zero-order valence-corrected chi connectivity index (χ0v) is 9.28. The third-order valence-electron chi connectivity index (χ3n) is 3.42. The van der Waals surface area contributed by atoms with Crippen molar-refractivity contribution in [3.8, 4) is 0 Å². The highest BCUT2D eigenvalue weighted by atomic mass is 16.6. The molecule has 0 unspecified atom stereocenters. The molecule has 17 heavy (non-hydrogen) atoms. The van der Waals surface area contributed by atoms with Crippen LogP contribution in [-0.4, -0.2) is 35.5 Å². The van der Waals surface area contributed by atoms with Crippen LogP contribution in [0, 0.1) is 0 Å². The van der Waals surface area contributed by atoms with Gasteiger partial charge < -0.3 is 14.6 Å². The van der Waals surface area contributed by atoms with Crippen LogP contribution in [0.3, 0.4) is 0 Å². The molecule has 2 heterocycles. The molecule has 4 nitrogen and oxygen atoms in total. The summed E-state index contributed by atoms with van der Waals surface area (Å²) in [5, 5.41) is 9.87. The van der Waals surface area contributed by atoms with Gasteiger partial charge in [0.1, 0.15) is 6.10 Å². The maximum Gasteiger partial charge on any atom is 0.338 e. The number of rotatable bonds is 2. The second kappa shape index (κ2) is 4.13. The van der Waals surface area contributed by atoms with Crippen molar-refractivity contribution in [1.29, 1.82) is 0 Å². The molecule has 2 bridgehead atoms. The monoisotopic (exact) mass is 234 g/mol. The average molecular weight is 234 g/mol. The predicted molar refractivity (Wildman–Crippen MR) is 59.5 cm³/mol. The molecule has 2 aliphatic rings. The lowest BCUT2D eigenvalue weighted by atomic mass is 9.95. The van der Waals surface area contributed by atoms with Crippen LogP contribution in [0.4, 0.5) is 0 Å². The lowest BCUT2D eigenvalue weighted by molar-refractivity contribution is -0.0232. The van der Waals surface area contributed by atoms with Crippen LogP contribution in [0.2, 0.25) is 0 Å². The van der Waals surface area contributed by atoms with Crippen molar-refractivity contribution < 1.29 is 19.4 Å². The second-order valence-electron chi connectivity index (χ2n) is 4.52.